The molecule has 0 aliphatic heterocycles. The Morgan fingerprint density at radius 3 is 2.30 bits per heavy atom. The number of hydrogen-bond acceptors (Lipinski definition) is 2. The van der Waals surface area contributed by atoms with Crippen LogP contribution in [0.3, 0.4) is 0 Å². The topological polar surface area (TPSA) is 49.3 Å². The molecule has 0 radical (unpaired) electrons. The normalized spacial score (nSPS) is 20.1. The van der Waals surface area contributed by atoms with E-state index in [2.05, 4.69) is 12.2 Å². The van der Waals surface area contributed by atoms with E-state index in [9.17, 15) is 9.90 Å². The second-order valence-corrected chi connectivity index (χ2v) is 5.89. The first kappa shape index (κ1) is 15.0. The second kappa shape index (κ2) is 7.44. The summed E-state index contributed by atoms with van der Waals surface area (Å²) in [4.78, 5) is 11.5. The van der Waals surface area contributed by atoms with Gasteiger partial charge in [0.05, 0.1) is 0 Å². The van der Waals surface area contributed by atoms with Crippen molar-refractivity contribution in [3.05, 3.63) is 35.9 Å². The average Bonchev–Trinajstić information content (AvgIpc) is 2.74. The quantitative estimate of drug-likeness (QED) is 0.804. The summed E-state index contributed by atoms with van der Waals surface area (Å²) in [7, 11) is 0. The summed E-state index contributed by atoms with van der Waals surface area (Å²) in [6, 6.07) is 9.10. The minimum atomic E-state index is -0.795. The van der Waals surface area contributed by atoms with E-state index in [0.717, 1.165) is 5.56 Å². The molecule has 2 rings (SSSR count). The van der Waals surface area contributed by atoms with Gasteiger partial charge in [-0.1, -0.05) is 56.0 Å². The summed E-state index contributed by atoms with van der Waals surface area (Å²) in [6.45, 7) is 2.13. The summed E-state index contributed by atoms with van der Waals surface area (Å²) in [5.74, 6) is -0.195. The van der Waals surface area contributed by atoms with Gasteiger partial charge in [0.25, 0.3) is 0 Å². The number of aliphatic carboxylic acids is 1. The third kappa shape index (κ3) is 4.07. The van der Waals surface area contributed by atoms with Gasteiger partial charge in [-0.2, -0.15) is 0 Å². The molecule has 0 aromatic heterocycles. The molecule has 0 spiro atoms. The number of carboxylic acids is 1. The third-order valence-electron chi connectivity index (χ3n) is 4.42. The lowest BCUT2D eigenvalue weighted by Crippen LogP contribution is -2.39. The average molecular weight is 275 g/mol. The SMILES string of the molecule is C[C@H](NC(C(=O)O)c1ccccc1)C1CCCCCC1. The van der Waals surface area contributed by atoms with Gasteiger partial charge < -0.3 is 5.11 Å². The zero-order valence-electron chi connectivity index (χ0n) is 12.2. The van der Waals surface area contributed by atoms with E-state index < -0.39 is 12.0 Å². The van der Waals surface area contributed by atoms with Crippen LogP contribution in [0, 0.1) is 5.92 Å². The molecule has 1 aromatic rings. The Kier molecular flexibility index (Phi) is 5.60. The molecule has 3 nitrogen and oxygen atoms in total. The van der Waals surface area contributed by atoms with Crippen LogP contribution in [0.1, 0.15) is 57.1 Å². The summed E-state index contributed by atoms with van der Waals surface area (Å²) >= 11 is 0. The summed E-state index contributed by atoms with van der Waals surface area (Å²) < 4.78 is 0. The van der Waals surface area contributed by atoms with Crippen LogP contribution in [0.5, 0.6) is 0 Å². The number of carbonyl (C=O) groups is 1. The molecular weight excluding hydrogens is 250 g/mol. The second-order valence-electron chi connectivity index (χ2n) is 5.89. The standard InChI is InChI=1S/C17H25NO2/c1-13(14-9-5-2-3-6-10-14)18-16(17(19)20)15-11-7-4-8-12-15/h4,7-8,11-14,16,18H,2-3,5-6,9-10H2,1H3,(H,19,20)/t13-,16?/m0/s1. The molecule has 2 atom stereocenters. The zero-order valence-corrected chi connectivity index (χ0v) is 12.2. The van der Waals surface area contributed by atoms with Gasteiger partial charge in [0, 0.05) is 6.04 Å². The zero-order chi connectivity index (χ0) is 14.4. The number of hydrogen-bond donors (Lipinski definition) is 2. The maximum atomic E-state index is 11.5. The van der Waals surface area contributed by atoms with Gasteiger partial charge in [-0.05, 0) is 31.2 Å². The van der Waals surface area contributed by atoms with E-state index in [1.54, 1.807) is 0 Å². The Hall–Kier alpha value is -1.35. The fourth-order valence-corrected chi connectivity index (χ4v) is 3.17. The van der Waals surface area contributed by atoms with Gasteiger partial charge in [0.2, 0.25) is 0 Å². The van der Waals surface area contributed by atoms with Crippen molar-refractivity contribution in [2.24, 2.45) is 5.92 Å². The predicted octanol–water partition coefficient (Wildman–Crippen LogP) is 3.76. The van der Waals surface area contributed by atoms with Crippen LogP contribution in [0.25, 0.3) is 0 Å². The van der Waals surface area contributed by atoms with E-state index >= 15 is 0 Å². The van der Waals surface area contributed by atoms with E-state index in [4.69, 9.17) is 0 Å². The van der Waals surface area contributed by atoms with Gasteiger partial charge >= 0.3 is 5.97 Å². The fourth-order valence-electron chi connectivity index (χ4n) is 3.17. The molecule has 1 aliphatic carbocycles. The predicted molar refractivity (Wildman–Crippen MR) is 80.6 cm³/mol. The highest BCUT2D eigenvalue weighted by molar-refractivity contribution is 5.75. The maximum Gasteiger partial charge on any atom is 0.325 e. The van der Waals surface area contributed by atoms with Gasteiger partial charge in [0.1, 0.15) is 6.04 Å². The highest BCUT2D eigenvalue weighted by atomic mass is 16.4. The first-order valence-corrected chi connectivity index (χ1v) is 7.72. The van der Waals surface area contributed by atoms with Gasteiger partial charge in [-0.3, -0.25) is 10.1 Å². The molecular formula is C17H25NO2. The smallest absolute Gasteiger partial charge is 0.325 e. The molecule has 1 saturated carbocycles. The number of benzene rings is 1. The summed E-state index contributed by atoms with van der Waals surface area (Å²) in [5.41, 5.74) is 0.834. The van der Waals surface area contributed by atoms with E-state index in [0.29, 0.717) is 5.92 Å². The Labute approximate surface area is 121 Å². The van der Waals surface area contributed by atoms with E-state index in [1.165, 1.54) is 38.5 Å². The molecule has 0 saturated heterocycles. The van der Waals surface area contributed by atoms with E-state index in [1.807, 2.05) is 30.3 Å². The van der Waals surface area contributed by atoms with Crippen LogP contribution in [0.4, 0.5) is 0 Å². The molecule has 0 bridgehead atoms. The van der Waals surface area contributed by atoms with Crippen LogP contribution in [0.2, 0.25) is 0 Å². The van der Waals surface area contributed by atoms with Crippen molar-refractivity contribution in [1.29, 1.82) is 0 Å². The molecule has 1 aliphatic rings. The molecule has 0 heterocycles. The van der Waals surface area contributed by atoms with Crippen molar-refractivity contribution in [2.75, 3.05) is 0 Å². The minimum absolute atomic E-state index is 0.245. The van der Waals surface area contributed by atoms with Crippen LogP contribution in [-0.2, 0) is 4.79 Å². The van der Waals surface area contributed by atoms with E-state index in [-0.39, 0.29) is 6.04 Å². The van der Waals surface area contributed by atoms with Crippen LogP contribution >= 0.6 is 0 Å². The van der Waals surface area contributed by atoms with Gasteiger partial charge in [0.15, 0.2) is 0 Å². The lowest BCUT2D eigenvalue weighted by molar-refractivity contribution is -0.140. The summed E-state index contributed by atoms with van der Waals surface area (Å²) in [6.07, 6.45) is 7.64. The first-order valence-electron chi connectivity index (χ1n) is 7.72. The number of rotatable bonds is 5. The van der Waals surface area contributed by atoms with Crippen molar-refractivity contribution in [3.8, 4) is 0 Å². The number of carboxylic acid groups (broad SMARTS) is 1. The van der Waals surface area contributed by atoms with Crippen molar-refractivity contribution in [1.82, 2.24) is 5.32 Å². The Morgan fingerprint density at radius 2 is 1.75 bits per heavy atom. The largest absolute Gasteiger partial charge is 0.480 e. The molecule has 110 valence electrons. The minimum Gasteiger partial charge on any atom is -0.480 e. The molecule has 3 heteroatoms. The molecule has 2 N–H and O–H groups in total. The highest BCUT2D eigenvalue weighted by Crippen LogP contribution is 2.27. The Bertz CT molecular complexity index is 410. The van der Waals surface area contributed by atoms with Crippen LogP contribution in [0.15, 0.2) is 30.3 Å². The lowest BCUT2D eigenvalue weighted by atomic mass is 9.92. The highest BCUT2D eigenvalue weighted by Gasteiger charge is 2.26. The molecule has 1 aromatic carbocycles. The first-order chi connectivity index (χ1) is 9.68. The number of nitrogens with one attached hydrogen (secondary N) is 1. The molecule has 1 unspecified atom stereocenters. The molecule has 20 heavy (non-hydrogen) atoms. The lowest BCUT2D eigenvalue weighted by Gasteiger charge is -2.27. The van der Waals surface area contributed by atoms with Crippen LogP contribution < -0.4 is 5.32 Å². The molecule has 1 fully saturated rings. The summed E-state index contributed by atoms with van der Waals surface area (Å²) in [5, 5.41) is 12.8. The van der Waals surface area contributed by atoms with Gasteiger partial charge in [-0.15, -0.1) is 0 Å². The third-order valence-corrected chi connectivity index (χ3v) is 4.42. The van der Waals surface area contributed by atoms with Crippen molar-refractivity contribution < 1.29 is 9.90 Å². The Morgan fingerprint density at radius 1 is 1.15 bits per heavy atom. The Balaban J connectivity index is 2.02. The van der Waals surface area contributed by atoms with Crippen LogP contribution in [-0.4, -0.2) is 17.1 Å². The van der Waals surface area contributed by atoms with Crippen molar-refractivity contribution in [3.63, 3.8) is 0 Å². The molecule has 0 amide bonds. The van der Waals surface area contributed by atoms with Crippen molar-refractivity contribution in [2.45, 2.75) is 57.5 Å². The fraction of sp³-hybridized carbons (Fsp3) is 0.588. The monoisotopic (exact) mass is 275 g/mol. The maximum absolute atomic E-state index is 11.5. The van der Waals surface area contributed by atoms with Gasteiger partial charge in [-0.25, -0.2) is 0 Å². The van der Waals surface area contributed by atoms with Crippen molar-refractivity contribution >= 4 is 5.97 Å².